The number of carbonyl (C=O) groups is 1. The highest BCUT2D eigenvalue weighted by Gasteiger charge is 2.19. The lowest BCUT2D eigenvalue weighted by atomic mass is 10.1. The van der Waals surface area contributed by atoms with Gasteiger partial charge in [-0.1, -0.05) is 18.2 Å². The molecule has 0 aliphatic heterocycles. The number of benzene rings is 2. The summed E-state index contributed by atoms with van der Waals surface area (Å²) in [5.74, 6) is 0.740. The van der Waals surface area contributed by atoms with Gasteiger partial charge in [-0.2, -0.15) is 0 Å². The summed E-state index contributed by atoms with van der Waals surface area (Å²) in [5, 5.41) is 2.07. The van der Waals surface area contributed by atoms with Crippen LogP contribution in [0.3, 0.4) is 0 Å². The number of aryl methyl sites for hydroxylation is 1. The summed E-state index contributed by atoms with van der Waals surface area (Å²) >= 11 is 0. The number of rotatable bonds is 4. The molecule has 1 amide bonds. The van der Waals surface area contributed by atoms with E-state index in [1.54, 1.807) is 18.2 Å². The number of aromatic nitrogens is 2. The zero-order chi connectivity index (χ0) is 19.0. The lowest BCUT2D eigenvalue weighted by Crippen LogP contribution is -2.27. The van der Waals surface area contributed by atoms with Gasteiger partial charge in [0.2, 0.25) is 0 Å². The van der Waals surface area contributed by atoms with E-state index in [9.17, 15) is 4.79 Å². The van der Waals surface area contributed by atoms with Crippen LogP contribution in [0.5, 0.6) is 5.75 Å². The highest BCUT2D eigenvalue weighted by molar-refractivity contribution is 6.01. The van der Waals surface area contributed by atoms with Gasteiger partial charge >= 0.3 is 0 Å². The molecular formula is C22H21N3O2. The van der Waals surface area contributed by atoms with E-state index >= 15 is 0 Å². The molecule has 0 bridgehead atoms. The normalized spacial score (nSPS) is 11.1. The molecule has 4 aromatic rings. The summed E-state index contributed by atoms with van der Waals surface area (Å²) in [6.45, 7) is 2.47. The van der Waals surface area contributed by atoms with E-state index in [1.807, 2.05) is 62.5 Å². The van der Waals surface area contributed by atoms with E-state index in [4.69, 9.17) is 4.74 Å². The fraction of sp³-hybridized carbons (Fsp3) is 0.182. The Hall–Kier alpha value is -3.34. The quantitative estimate of drug-likeness (QED) is 0.591. The number of H-pyrrole nitrogens is 1. The van der Waals surface area contributed by atoms with Crippen LogP contribution in [-0.2, 0) is 6.54 Å². The molecule has 0 saturated heterocycles. The van der Waals surface area contributed by atoms with E-state index < -0.39 is 0 Å². The van der Waals surface area contributed by atoms with Crippen LogP contribution in [0.2, 0.25) is 0 Å². The van der Waals surface area contributed by atoms with Gasteiger partial charge in [-0.15, -0.1) is 0 Å². The first-order valence-electron chi connectivity index (χ1n) is 8.83. The van der Waals surface area contributed by atoms with Crippen molar-refractivity contribution in [3.63, 3.8) is 0 Å². The average molecular weight is 359 g/mol. The first-order valence-corrected chi connectivity index (χ1v) is 8.83. The Balaban J connectivity index is 1.66. The number of fused-ring (bicyclic) bond motifs is 2. The Bertz CT molecular complexity index is 1140. The van der Waals surface area contributed by atoms with Crippen LogP contribution >= 0.6 is 0 Å². The summed E-state index contributed by atoms with van der Waals surface area (Å²) in [6, 6.07) is 15.7. The highest BCUT2D eigenvalue weighted by atomic mass is 16.5. The SMILES string of the molecule is COc1ccc2[nH]c(C(=O)N(C)Cc3cccc4ncccc34)c(C)c2c1. The van der Waals surface area contributed by atoms with Gasteiger partial charge in [0.05, 0.1) is 12.6 Å². The molecule has 0 unspecified atom stereocenters. The highest BCUT2D eigenvalue weighted by Crippen LogP contribution is 2.27. The van der Waals surface area contributed by atoms with E-state index in [0.29, 0.717) is 12.2 Å². The van der Waals surface area contributed by atoms with Crippen molar-refractivity contribution in [3.8, 4) is 5.75 Å². The van der Waals surface area contributed by atoms with Crippen LogP contribution in [0.15, 0.2) is 54.7 Å². The molecule has 0 fully saturated rings. The molecule has 136 valence electrons. The molecule has 27 heavy (non-hydrogen) atoms. The van der Waals surface area contributed by atoms with Crippen molar-refractivity contribution >= 4 is 27.7 Å². The van der Waals surface area contributed by atoms with E-state index in [2.05, 4.69) is 9.97 Å². The molecule has 5 heteroatoms. The Kier molecular flexibility index (Phi) is 4.28. The van der Waals surface area contributed by atoms with Crippen molar-refractivity contribution in [2.45, 2.75) is 13.5 Å². The third-order valence-electron chi connectivity index (χ3n) is 4.97. The number of hydrogen-bond donors (Lipinski definition) is 1. The topological polar surface area (TPSA) is 58.2 Å². The number of nitrogens with one attached hydrogen (secondary N) is 1. The minimum Gasteiger partial charge on any atom is -0.497 e. The third-order valence-corrected chi connectivity index (χ3v) is 4.97. The molecule has 2 aromatic carbocycles. The lowest BCUT2D eigenvalue weighted by Gasteiger charge is -2.18. The monoisotopic (exact) mass is 359 g/mol. The molecule has 0 aliphatic carbocycles. The molecular weight excluding hydrogens is 338 g/mol. The van der Waals surface area contributed by atoms with Crippen LogP contribution in [-0.4, -0.2) is 34.9 Å². The van der Waals surface area contributed by atoms with Gasteiger partial charge in [-0.25, -0.2) is 0 Å². The predicted molar refractivity (Wildman–Crippen MR) is 107 cm³/mol. The molecule has 2 aromatic heterocycles. The largest absolute Gasteiger partial charge is 0.497 e. The van der Waals surface area contributed by atoms with Crippen LogP contribution in [0.25, 0.3) is 21.8 Å². The van der Waals surface area contributed by atoms with Crippen LogP contribution < -0.4 is 4.74 Å². The Labute approximate surface area is 157 Å². The molecule has 0 spiro atoms. The van der Waals surface area contributed by atoms with Crippen molar-refractivity contribution in [1.29, 1.82) is 0 Å². The van der Waals surface area contributed by atoms with Gasteiger partial charge in [0.15, 0.2) is 0 Å². The first kappa shape index (κ1) is 17.1. The number of hydrogen-bond acceptors (Lipinski definition) is 3. The molecule has 2 heterocycles. The molecule has 0 atom stereocenters. The molecule has 1 N–H and O–H groups in total. The number of amides is 1. The van der Waals surface area contributed by atoms with E-state index in [1.165, 1.54) is 0 Å². The van der Waals surface area contributed by atoms with Crippen molar-refractivity contribution in [2.75, 3.05) is 14.2 Å². The number of carbonyl (C=O) groups excluding carboxylic acids is 1. The maximum Gasteiger partial charge on any atom is 0.270 e. The fourth-order valence-electron chi connectivity index (χ4n) is 3.47. The summed E-state index contributed by atoms with van der Waals surface area (Å²) in [5.41, 5.74) is 4.48. The number of ether oxygens (including phenoxy) is 1. The Morgan fingerprint density at radius 2 is 2.00 bits per heavy atom. The molecule has 0 radical (unpaired) electrons. The lowest BCUT2D eigenvalue weighted by molar-refractivity contribution is 0.0780. The van der Waals surface area contributed by atoms with Crippen molar-refractivity contribution in [1.82, 2.24) is 14.9 Å². The van der Waals surface area contributed by atoms with Gasteiger partial charge < -0.3 is 14.6 Å². The van der Waals surface area contributed by atoms with Gasteiger partial charge in [0.1, 0.15) is 11.4 Å². The van der Waals surface area contributed by atoms with E-state index in [0.717, 1.165) is 38.7 Å². The van der Waals surface area contributed by atoms with Crippen molar-refractivity contribution < 1.29 is 9.53 Å². The number of pyridine rings is 1. The molecule has 4 rings (SSSR count). The fourth-order valence-corrected chi connectivity index (χ4v) is 3.47. The minimum absolute atomic E-state index is 0.0384. The maximum atomic E-state index is 13.1. The molecule has 0 aliphatic rings. The first-order chi connectivity index (χ1) is 13.1. The maximum absolute atomic E-state index is 13.1. The second-order valence-electron chi connectivity index (χ2n) is 6.68. The molecule has 0 saturated carbocycles. The standard InChI is InChI=1S/C22H21N3O2/c1-14-18-12-16(27-3)9-10-20(18)24-21(14)22(26)25(2)13-15-6-4-8-19-17(15)7-5-11-23-19/h4-12,24H,13H2,1-3H3. The van der Waals surface area contributed by atoms with Gasteiger partial charge in [-0.05, 0) is 48.4 Å². The number of methoxy groups -OCH3 is 1. The van der Waals surface area contributed by atoms with E-state index in [-0.39, 0.29) is 5.91 Å². The average Bonchev–Trinajstić information content (AvgIpc) is 3.03. The van der Waals surface area contributed by atoms with Crippen LogP contribution in [0.1, 0.15) is 21.6 Å². The van der Waals surface area contributed by atoms with Gasteiger partial charge in [0.25, 0.3) is 5.91 Å². The van der Waals surface area contributed by atoms with Crippen LogP contribution in [0.4, 0.5) is 0 Å². The van der Waals surface area contributed by atoms with Gasteiger partial charge in [0, 0.05) is 36.1 Å². The second-order valence-corrected chi connectivity index (χ2v) is 6.68. The van der Waals surface area contributed by atoms with Crippen molar-refractivity contribution in [2.24, 2.45) is 0 Å². The Morgan fingerprint density at radius 3 is 2.81 bits per heavy atom. The Morgan fingerprint density at radius 1 is 1.15 bits per heavy atom. The van der Waals surface area contributed by atoms with Crippen LogP contribution in [0, 0.1) is 6.92 Å². The predicted octanol–water partition coefficient (Wildman–Crippen LogP) is 4.31. The number of nitrogens with zero attached hydrogens (tertiary/aromatic N) is 2. The smallest absolute Gasteiger partial charge is 0.270 e. The third kappa shape index (κ3) is 3.01. The summed E-state index contributed by atoms with van der Waals surface area (Å²) in [6.07, 6.45) is 1.78. The van der Waals surface area contributed by atoms with Gasteiger partial charge in [-0.3, -0.25) is 9.78 Å². The summed E-state index contributed by atoms with van der Waals surface area (Å²) in [7, 11) is 3.46. The summed E-state index contributed by atoms with van der Waals surface area (Å²) in [4.78, 5) is 22.5. The minimum atomic E-state index is -0.0384. The zero-order valence-electron chi connectivity index (χ0n) is 15.6. The second kappa shape index (κ2) is 6.76. The zero-order valence-corrected chi connectivity index (χ0v) is 15.6. The molecule has 5 nitrogen and oxygen atoms in total. The number of aromatic amines is 1. The van der Waals surface area contributed by atoms with Crippen molar-refractivity contribution in [3.05, 3.63) is 71.5 Å². The summed E-state index contributed by atoms with van der Waals surface area (Å²) < 4.78 is 5.30.